The van der Waals surface area contributed by atoms with Gasteiger partial charge in [-0.3, -0.25) is 9.59 Å². The standard InChI is InChI=1S/C26H27N3O3S/c1-16-7-9-17(10-8-16)24-28-25(31)23-20-5-3-4-6-21(20)33-26(23)29(24)15-22(30)27-18-11-13-19(32-2)14-12-18/h7-14,24H,3-6,15H2,1-2H3,(H,27,30)(H,28,31). The highest BCUT2D eigenvalue weighted by atomic mass is 32.1. The number of hydrogen-bond acceptors (Lipinski definition) is 5. The summed E-state index contributed by atoms with van der Waals surface area (Å²) in [5, 5.41) is 7.06. The van der Waals surface area contributed by atoms with Crippen LogP contribution in [-0.4, -0.2) is 25.5 Å². The van der Waals surface area contributed by atoms with E-state index in [0.29, 0.717) is 5.69 Å². The molecule has 0 radical (unpaired) electrons. The van der Waals surface area contributed by atoms with E-state index < -0.39 is 6.17 Å². The van der Waals surface area contributed by atoms with Gasteiger partial charge in [0.1, 0.15) is 23.5 Å². The van der Waals surface area contributed by atoms with Crippen molar-refractivity contribution in [1.29, 1.82) is 0 Å². The van der Waals surface area contributed by atoms with Gasteiger partial charge in [-0.2, -0.15) is 0 Å². The molecule has 2 heterocycles. The van der Waals surface area contributed by atoms with E-state index >= 15 is 0 Å². The maximum Gasteiger partial charge on any atom is 0.256 e. The topological polar surface area (TPSA) is 70.7 Å². The minimum Gasteiger partial charge on any atom is -0.497 e. The van der Waals surface area contributed by atoms with Crippen LogP contribution < -0.4 is 20.3 Å². The smallest absolute Gasteiger partial charge is 0.256 e. The largest absolute Gasteiger partial charge is 0.497 e. The molecule has 3 aromatic rings. The molecular weight excluding hydrogens is 434 g/mol. The number of hydrogen-bond donors (Lipinski definition) is 2. The number of nitrogens with zero attached hydrogens (tertiary/aromatic N) is 1. The van der Waals surface area contributed by atoms with Gasteiger partial charge in [0.15, 0.2) is 0 Å². The number of nitrogens with one attached hydrogen (secondary N) is 2. The summed E-state index contributed by atoms with van der Waals surface area (Å²) in [5.74, 6) is 0.563. The van der Waals surface area contributed by atoms with Crippen LogP contribution in [0.4, 0.5) is 10.7 Å². The van der Waals surface area contributed by atoms with Crippen LogP contribution in [0.2, 0.25) is 0 Å². The molecule has 0 saturated heterocycles. The maximum atomic E-state index is 13.2. The lowest BCUT2D eigenvalue weighted by Gasteiger charge is -2.37. The minimum atomic E-state index is -0.396. The molecule has 0 saturated carbocycles. The van der Waals surface area contributed by atoms with Gasteiger partial charge in [0.25, 0.3) is 5.91 Å². The van der Waals surface area contributed by atoms with E-state index in [9.17, 15) is 9.59 Å². The second-order valence-electron chi connectivity index (χ2n) is 8.58. The Bertz CT molecular complexity index is 1180. The minimum absolute atomic E-state index is 0.0400. The Morgan fingerprint density at radius 1 is 1.12 bits per heavy atom. The van der Waals surface area contributed by atoms with Gasteiger partial charge in [0, 0.05) is 10.6 Å². The molecule has 2 aromatic carbocycles. The molecule has 1 aliphatic heterocycles. The number of rotatable bonds is 5. The van der Waals surface area contributed by atoms with Crippen LogP contribution in [0.3, 0.4) is 0 Å². The number of carbonyl (C=O) groups excluding carboxylic acids is 2. The average Bonchev–Trinajstić information content (AvgIpc) is 3.22. The van der Waals surface area contributed by atoms with Crippen LogP contribution in [-0.2, 0) is 17.6 Å². The van der Waals surface area contributed by atoms with Crippen LogP contribution in [0.25, 0.3) is 0 Å². The van der Waals surface area contributed by atoms with Gasteiger partial charge in [-0.1, -0.05) is 29.8 Å². The van der Waals surface area contributed by atoms with Crippen molar-refractivity contribution in [1.82, 2.24) is 5.32 Å². The van der Waals surface area contributed by atoms with Crippen molar-refractivity contribution < 1.29 is 14.3 Å². The van der Waals surface area contributed by atoms with Crippen molar-refractivity contribution in [2.45, 2.75) is 38.8 Å². The summed E-state index contributed by atoms with van der Waals surface area (Å²) in [6, 6.07) is 15.4. The molecule has 1 aromatic heterocycles. The number of carbonyl (C=O) groups is 2. The van der Waals surface area contributed by atoms with E-state index in [1.165, 1.54) is 10.4 Å². The number of methoxy groups -OCH3 is 1. The van der Waals surface area contributed by atoms with Gasteiger partial charge in [-0.15, -0.1) is 11.3 Å². The third-order valence-electron chi connectivity index (χ3n) is 6.30. The quantitative estimate of drug-likeness (QED) is 0.571. The summed E-state index contributed by atoms with van der Waals surface area (Å²) < 4.78 is 5.20. The highest BCUT2D eigenvalue weighted by molar-refractivity contribution is 7.16. The van der Waals surface area contributed by atoms with Crippen LogP contribution in [0.1, 0.15) is 50.9 Å². The van der Waals surface area contributed by atoms with E-state index in [-0.39, 0.29) is 18.4 Å². The van der Waals surface area contributed by atoms with Crippen molar-refractivity contribution in [3.63, 3.8) is 0 Å². The first kappa shape index (κ1) is 21.5. The van der Waals surface area contributed by atoms with E-state index in [4.69, 9.17) is 4.74 Å². The summed E-state index contributed by atoms with van der Waals surface area (Å²) in [5.41, 5.74) is 4.75. The summed E-state index contributed by atoms with van der Waals surface area (Å²) in [4.78, 5) is 29.6. The lowest BCUT2D eigenvalue weighted by molar-refractivity contribution is -0.115. The van der Waals surface area contributed by atoms with Gasteiger partial charge in [0.05, 0.1) is 12.7 Å². The molecule has 6 nitrogen and oxygen atoms in total. The highest BCUT2D eigenvalue weighted by Crippen LogP contribution is 2.44. The van der Waals surface area contributed by atoms with Crippen LogP contribution >= 0.6 is 11.3 Å². The fourth-order valence-corrected chi connectivity index (χ4v) is 6.00. The Hall–Kier alpha value is -3.32. The predicted octanol–water partition coefficient (Wildman–Crippen LogP) is 4.83. The zero-order chi connectivity index (χ0) is 22.9. The van der Waals surface area contributed by atoms with Crippen molar-refractivity contribution in [3.05, 3.63) is 75.7 Å². The maximum absolute atomic E-state index is 13.2. The Morgan fingerprint density at radius 2 is 1.85 bits per heavy atom. The van der Waals surface area contributed by atoms with Crippen LogP contribution in [0, 0.1) is 6.92 Å². The SMILES string of the molecule is COc1ccc(NC(=O)CN2c3sc4c(c3C(=O)NC2c2ccc(C)cc2)CCCC4)cc1. The number of fused-ring (bicyclic) bond motifs is 3. The lowest BCUT2D eigenvalue weighted by Crippen LogP contribution is -2.48. The molecule has 2 amide bonds. The van der Waals surface area contributed by atoms with E-state index in [2.05, 4.69) is 10.6 Å². The normalized spacial score (nSPS) is 17.1. The fourth-order valence-electron chi connectivity index (χ4n) is 4.58. The van der Waals surface area contributed by atoms with Gasteiger partial charge in [-0.05, 0) is 68.0 Å². The summed E-state index contributed by atoms with van der Waals surface area (Å²) in [6.07, 6.45) is 3.78. The molecule has 0 bridgehead atoms. The van der Waals surface area contributed by atoms with Crippen LogP contribution in [0.5, 0.6) is 5.75 Å². The number of benzene rings is 2. The van der Waals surface area contributed by atoms with Gasteiger partial charge >= 0.3 is 0 Å². The molecule has 170 valence electrons. The summed E-state index contributed by atoms with van der Waals surface area (Å²) in [6.45, 7) is 2.17. The van der Waals surface area contributed by atoms with Crippen LogP contribution in [0.15, 0.2) is 48.5 Å². The van der Waals surface area contributed by atoms with Gasteiger partial charge in [-0.25, -0.2) is 0 Å². The van der Waals surface area contributed by atoms with Gasteiger partial charge < -0.3 is 20.3 Å². The Kier molecular flexibility index (Phi) is 5.81. The van der Waals surface area contributed by atoms with Crippen molar-refractivity contribution in [2.24, 2.45) is 0 Å². The first-order chi connectivity index (χ1) is 16.0. The second kappa shape index (κ2) is 8.90. The van der Waals surface area contributed by atoms with Gasteiger partial charge in [0.2, 0.25) is 5.91 Å². The Morgan fingerprint density at radius 3 is 2.58 bits per heavy atom. The lowest BCUT2D eigenvalue weighted by atomic mass is 9.94. The molecule has 0 fully saturated rings. The average molecular weight is 462 g/mol. The van der Waals surface area contributed by atoms with E-state index in [0.717, 1.165) is 53.1 Å². The number of anilines is 2. The first-order valence-electron chi connectivity index (χ1n) is 11.3. The fraction of sp³-hybridized carbons (Fsp3) is 0.308. The molecule has 1 atom stereocenters. The zero-order valence-corrected chi connectivity index (χ0v) is 19.6. The van der Waals surface area contributed by atoms with Crippen molar-refractivity contribution in [2.75, 3.05) is 23.9 Å². The molecule has 33 heavy (non-hydrogen) atoms. The first-order valence-corrected chi connectivity index (χ1v) is 12.1. The third kappa shape index (κ3) is 4.20. The molecule has 0 spiro atoms. The number of thiophene rings is 1. The van der Waals surface area contributed by atoms with Crippen molar-refractivity contribution in [3.8, 4) is 5.75 Å². The van der Waals surface area contributed by atoms with E-state index in [1.54, 1.807) is 18.4 Å². The Labute approximate surface area is 197 Å². The number of aryl methyl sites for hydroxylation is 2. The number of amides is 2. The third-order valence-corrected chi connectivity index (χ3v) is 7.63. The molecule has 1 aliphatic carbocycles. The van der Waals surface area contributed by atoms with Crippen molar-refractivity contribution >= 4 is 33.8 Å². The molecule has 1 unspecified atom stereocenters. The molecule has 2 N–H and O–H groups in total. The monoisotopic (exact) mass is 461 g/mol. The predicted molar refractivity (Wildman–Crippen MR) is 131 cm³/mol. The molecular formula is C26H27N3O3S. The molecule has 2 aliphatic rings. The van der Waals surface area contributed by atoms with E-state index in [1.807, 2.05) is 60.4 Å². The second-order valence-corrected chi connectivity index (χ2v) is 9.67. The highest BCUT2D eigenvalue weighted by Gasteiger charge is 2.38. The summed E-state index contributed by atoms with van der Waals surface area (Å²) in [7, 11) is 1.61. The molecule has 7 heteroatoms. The Balaban J connectivity index is 1.48. The molecule has 5 rings (SSSR count). The zero-order valence-electron chi connectivity index (χ0n) is 18.8. The number of ether oxygens (including phenoxy) is 1. The summed E-state index contributed by atoms with van der Waals surface area (Å²) >= 11 is 1.67.